The number of hydrogen-bond donors (Lipinski definition) is 1. The number of sulfonamides is 1. The monoisotopic (exact) mass is 431 g/mol. The van der Waals surface area contributed by atoms with E-state index in [0.29, 0.717) is 30.1 Å². The van der Waals surface area contributed by atoms with Gasteiger partial charge in [0.1, 0.15) is 10.7 Å². The highest BCUT2D eigenvalue weighted by Gasteiger charge is 2.31. The largest absolute Gasteiger partial charge is 0.467 e. The van der Waals surface area contributed by atoms with Crippen LogP contribution in [0.3, 0.4) is 0 Å². The highest BCUT2D eigenvalue weighted by Crippen LogP contribution is 2.32. The summed E-state index contributed by atoms with van der Waals surface area (Å²) in [5.41, 5.74) is 1.06. The van der Waals surface area contributed by atoms with Crippen LogP contribution in [0, 0.1) is 0 Å². The number of benzene rings is 1. The maximum absolute atomic E-state index is 13.5. The molecule has 2 aliphatic heterocycles. The fourth-order valence-corrected chi connectivity index (χ4v) is 5.94. The topological polar surface area (TPSA) is 82.9 Å². The van der Waals surface area contributed by atoms with Gasteiger partial charge in [-0.25, -0.2) is 8.42 Å². The summed E-state index contributed by atoms with van der Waals surface area (Å²) < 4.78 is 33.9. The van der Waals surface area contributed by atoms with Gasteiger partial charge >= 0.3 is 0 Å². The van der Waals surface area contributed by atoms with Gasteiger partial charge in [-0.05, 0) is 62.4 Å². The van der Waals surface area contributed by atoms with Crippen molar-refractivity contribution in [3.05, 3.63) is 47.9 Å². The first-order chi connectivity index (χ1) is 14.6. The SMILES string of the molecule is O=C(NCc1ccco1)c1ccc(N2CCCCC2)c(S(=O)(=O)N2CCCCC2)c1. The lowest BCUT2D eigenvalue weighted by atomic mass is 10.1. The summed E-state index contributed by atoms with van der Waals surface area (Å²) in [6.07, 6.45) is 7.63. The number of amides is 1. The van der Waals surface area contributed by atoms with Crippen molar-refractivity contribution in [3.63, 3.8) is 0 Å². The Balaban J connectivity index is 1.64. The molecular weight excluding hydrogens is 402 g/mol. The molecule has 0 saturated carbocycles. The third-order valence-corrected chi connectivity index (χ3v) is 7.78. The number of nitrogens with one attached hydrogen (secondary N) is 1. The second-order valence-corrected chi connectivity index (χ2v) is 9.86. The number of rotatable bonds is 6. The minimum Gasteiger partial charge on any atom is -0.467 e. The lowest BCUT2D eigenvalue weighted by Gasteiger charge is -2.33. The predicted molar refractivity (Wildman–Crippen MR) is 115 cm³/mol. The molecule has 0 atom stereocenters. The molecule has 0 bridgehead atoms. The maximum atomic E-state index is 13.5. The van der Waals surface area contributed by atoms with Gasteiger partial charge < -0.3 is 14.6 Å². The molecule has 1 aromatic heterocycles. The minimum atomic E-state index is -3.66. The van der Waals surface area contributed by atoms with Gasteiger partial charge in [-0.2, -0.15) is 4.31 Å². The van der Waals surface area contributed by atoms with Crippen LogP contribution in [-0.4, -0.2) is 44.8 Å². The second kappa shape index (κ2) is 9.22. The zero-order valence-corrected chi connectivity index (χ0v) is 18.0. The van der Waals surface area contributed by atoms with Crippen LogP contribution in [0.15, 0.2) is 45.9 Å². The van der Waals surface area contributed by atoms with Crippen LogP contribution in [0.25, 0.3) is 0 Å². The van der Waals surface area contributed by atoms with E-state index in [1.807, 2.05) is 0 Å². The van der Waals surface area contributed by atoms with Crippen molar-refractivity contribution >= 4 is 21.6 Å². The van der Waals surface area contributed by atoms with E-state index in [4.69, 9.17) is 4.42 Å². The van der Waals surface area contributed by atoms with Crippen LogP contribution in [-0.2, 0) is 16.6 Å². The Hall–Kier alpha value is -2.32. The van der Waals surface area contributed by atoms with Gasteiger partial charge in [0.2, 0.25) is 10.0 Å². The van der Waals surface area contributed by atoms with Crippen LogP contribution in [0.1, 0.15) is 54.6 Å². The average Bonchev–Trinajstić information content (AvgIpc) is 3.32. The molecule has 2 fully saturated rings. The van der Waals surface area contributed by atoms with Crippen molar-refractivity contribution in [2.45, 2.75) is 50.0 Å². The van der Waals surface area contributed by atoms with Gasteiger partial charge in [0.25, 0.3) is 5.91 Å². The van der Waals surface area contributed by atoms with Crippen molar-refractivity contribution in [3.8, 4) is 0 Å². The second-order valence-electron chi connectivity index (χ2n) is 7.96. The Morgan fingerprint density at radius 2 is 1.67 bits per heavy atom. The van der Waals surface area contributed by atoms with E-state index in [2.05, 4.69) is 10.2 Å². The van der Waals surface area contributed by atoms with Gasteiger partial charge in [0.05, 0.1) is 18.5 Å². The van der Waals surface area contributed by atoms with E-state index in [0.717, 1.165) is 51.6 Å². The van der Waals surface area contributed by atoms with Gasteiger partial charge in [0.15, 0.2) is 0 Å². The van der Waals surface area contributed by atoms with Gasteiger partial charge in [-0.15, -0.1) is 0 Å². The van der Waals surface area contributed by atoms with E-state index in [9.17, 15) is 13.2 Å². The van der Waals surface area contributed by atoms with Crippen molar-refractivity contribution in [1.29, 1.82) is 0 Å². The summed E-state index contributed by atoms with van der Waals surface area (Å²) in [4.78, 5) is 15.1. The minimum absolute atomic E-state index is 0.247. The summed E-state index contributed by atoms with van der Waals surface area (Å²) in [6.45, 7) is 3.01. The van der Waals surface area contributed by atoms with Gasteiger partial charge in [-0.3, -0.25) is 4.79 Å². The molecule has 1 amide bonds. The fourth-order valence-electron chi connectivity index (χ4n) is 4.18. The van der Waals surface area contributed by atoms with E-state index in [-0.39, 0.29) is 17.3 Å². The first kappa shape index (κ1) is 20.9. The van der Waals surface area contributed by atoms with Crippen LogP contribution in [0.2, 0.25) is 0 Å². The van der Waals surface area contributed by atoms with Crippen molar-refractivity contribution in [1.82, 2.24) is 9.62 Å². The molecule has 2 aliphatic rings. The average molecular weight is 432 g/mol. The molecule has 2 saturated heterocycles. The quantitative estimate of drug-likeness (QED) is 0.758. The van der Waals surface area contributed by atoms with Crippen LogP contribution in [0.4, 0.5) is 5.69 Å². The Labute approximate surface area is 178 Å². The Kier molecular flexibility index (Phi) is 6.43. The molecule has 162 valence electrons. The molecule has 1 aromatic carbocycles. The molecule has 7 nitrogen and oxygen atoms in total. The molecule has 2 aromatic rings. The number of carbonyl (C=O) groups is 1. The lowest BCUT2D eigenvalue weighted by molar-refractivity contribution is 0.0948. The van der Waals surface area contributed by atoms with Crippen molar-refractivity contribution in [2.75, 3.05) is 31.1 Å². The predicted octanol–water partition coefficient (Wildman–Crippen LogP) is 3.37. The maximum Gasteiger partial charge on any atom is 0.251 e. The van der Waals surface area contributed by atoms with E-state index in [1.54, 1.807) is 40.9 Å². The van der Waals surface area contributed by atoms with E-state index >= 15 is 0 Å². The normalized spacial score (nSPS) is 18.3. The smallest absolute Gasteiger partial charge is 0.251 e. The Bertz CT molecular complexity index is 960. The third kappa shape index (κ3) is 4.54. The fraction of sp³-hybridized carbons (Fsp3) is 0.500. The highest BCUT2D eigenvalue weighted by molar-refractivity contribution is 7.89. The number of anilines is 1. The van der Waals surface area contributed by atoms with E-state index in [1.165, 1.54) is 0 Å². The zero-order chi connectivity index (χ0) is 21.0. The summed E-state index contributed by atoms with van der Waals surface area (Å²) >= 11 is 0. The standard InChI is InChI=1S/C22H29N3O4S/c26-22(23-17-19-8-7-15-29-19)18-9-10-20(24-11-3-1-4-12-24)21(16-18)30(27,28)25-13-5-2-6-14-25/h7-10,15-16H,1-6,11-14,17H2,(H,23,26). The first-order valence-corrected chi connectivity index (χ1v) is 12.2. The van der Waals surface area contributed by atoms with Gasteiger partial charge in [-0.1, -0.05) is 6.42 Å². The van der Waals surface area contributed by atoms with Gasteiger partial charge in [0, 0.05) is 31.7 Å². The summed E-state index contributed by atoms with van der Waals surface area (Å²) in [5, 5.41) is 2.80. The van der Waals surface area contributed by atoms with Crippen LogP contribution < -0.4 is 10.2 Å². The molecular formula is C22H29N3O4S. The van der Waals surface area contributed by atoms with E-state index < -0.39 is 10.0 Å². The number of hydrogen-bond acceptors (Lipinski definition) is 5. The van der Waals surface area contributed by atoms with Crippen LogP contribution >= 0.6 is 0 Å². The molecule has 0 spiro atoms. The molecule has 4 rings (SSSR count). The van der Waals surface area contributed by atoms with Crippen molar-refractivity contribution in [2.24, 2.45) is 0 Å². The number of carbonyl (C=O) groups excluding carboxylic acids is 1. The summed E-state index contributed by atoms with van der Waals surface area (Å²) in [6, 6.07) is 8.61. The van der Waals surface area contributed by atoms with Crippen molar-refractivity contribution < 1.29 is 17.6 Å². The molecule has 0 radical (unpaired) electrons. The third-order valence-electron chi connectivity index (χ3n) is 5.85. The zero-order valence-electron chi connectivity index (χ0n) is 17.2. The molecule has 3 heterocycles. The number of nitrogens with zero attached hydrogens (tertiary/aromatic N) is 2. The summed E-state index contributed by atoms with van der Waals surface area (Å²) in [5.74, 6) is 0.334. The first-order valence-electron chi connectivity index (χ1n) is 10.8. The molecule has 30 heavy (non-hydrogen) atoms. The highest BCUT2D eigenvalue weighted by atomic mass is 32.2. The lowest BCUT2D eigenvalue weighted by Crippen LogP contribution is -2.38. The van der Waals surface area contributed by atoms with Crippen LogP contribution in [0.5, 0.6) is 0 Å². The molecule has 1 N–H and O–H groups in total. The molecule has 0 unspecified atom stereocenters. The molecule has 8 heteroatoms. The Morgan fingerprint density at radius 3 is 2.33 bits per heavy atom. The number of piperidine rings is 2. The molecule has 0 aliphatic carbocycles. The Morgan fingerprint density at radius 1 is 0.967 bits per heavy atom. The number of furan rings is 1. The summed E-state index contributed by atoms with van der Waals surface area (Å²) in [7, 11) is -3.66.